The van der Waals surface area contributed by atoms with Crippen LogP contribution in [0.1, 0.15) is 11.1 Å². The first-order chi connectivity index (χ1) is 13.8. The summed E-state index contributed by atoms with van der Waals surface area (Å²) < 4.78 is 1.81. The Hall–Kier alpha value is -3.25. The second-order valence-electron chi connectivity index (χ2n) is 6.85. The topological polar surface area (TPSA) is 54.3 Å². The lowest BCUT2D eigenvalue weighted by Crippen LogP contribution is -2.47. The molecule has 1 saturated heterocycles. The van der Waals surface area contributed by atoms with E-state index in [1.807, 2.05) is 59.8 Å². The number of aromatic nitrogens is 3. The molecule has 0 bridgehead atoms. The highest BCUT2D eigenvalue weighted by molar-refractivity contribution is 5.91. The van der Waals surface area contributed by atoms with Crippen molar-refractivity contribution in [1.82, 2.24) is 24.6 Å². The Morgan fingerprint density at radius 3 is 2.57 bits per heavy atom. The van der Waals surface area contributed by atoms with Gasteiger partial charge in [-0.3, -0.25) is 14.7 Å². The number of hydrogen-bond acceptors (Lipinski definition) is 4. The van der Waals surface area contributed by atoms with E-state index < -0.39 is 0 Å². The molecule has 0 atom stereocenters. The molecule has 0 N–H and O–H groups in total. The second-order valence-corrected chi connectivity index (χ2v) is 6.85. The van der Waals surface area contributed by atoms with E-state index in [0.717, 1.165) is 44.0 Å². The number of piperazine rings is 1. The Bertz CT molecular complexity index is 928. The van der Waals surface area contributed by atoms with Crippen molar-refractivity contribution in [2.24, 2.45) is 0 Å². The molecule has 1 aliphatic rings. The largest absolute Gasteiger partial charge is 0.337 e. The second kappa shape index (κ2) is 8.63. The summed E-state index contributed by atoms with van der Waals surface area (Å²) in [5.41, 5.74) is 3.11. The van der Waals surface area contributed by atoms with Gasteiger partial charge >= 0.3 is 0 Å². The summed E-state index contributed by atoms with van der Waals surface area (Å²) in [6.45, 7) is 4.12. The smallest absolute Gasteiger partial charge is 0.246 e. The van der Waals surface area contributed by atoms with Crippen molar-refractivity contribution >= 4 is 12.0 Å². The third-order valence-corrected chi connectivity index (χ3v) is 4.85. The highest BCUT2D eigenvalue weighted by Crippen LogP contribution is 2.11. The van der Waals surface area contributed by atoms with E-state index in [2.05, 4.69) is 21.0 Å². The summed E-state index contributed by atoms with van der Waals surface area (Å²) in [6.07, 6.45) is 10.8. The molecule has 3 heterocycles. The fourth-order valence-electron chi connectivity index (χ4n) is 3.29. The Kier molecular flexibility index (Phi) is 5.58. The van der Waals surface area contributed by atoms with Crippen LogP contribution in [-0.4, -0.2) is 56.7 Å². The van der Waals surface area contributed by atoms with E-state index >= 15 is 0 Å². The molecule has 1 aromatic carbocycles. The third kappa shape index (κ3) is 4.53. The van der Waals surface area contributed by atoms with Crippen molar-refractivity contribution in [2.45, 2.75) is 6.54 Å². The van der Waals surface area contributed by atoms with Crippen molar-refractivity contribution in [3.05, 3.63) is 84.5 Å². The van der Waals surface area contributed by atoms with Gasteiger partial charge in [0, 0.05) is 63.0 Å². The lowest BCUT2D eigenvalue weighted by molar-refractivity contribution is -0.127. The van der Waals surface area contributed by atoms with E-state index in [-0.39, 0.29) is 5.91 Å². The van der Waals surface area contributed by atoms with E-state index in [0.29, 0.717) is 0 Å². The summed E-state index contributed by atoms with van der Waals surface area (Å²) in [7, 11) is 0. The average molecular weight is 373 g/mol. The van der Waals surface area contributed by atoms with Gasteiger partial charge in [0.05, 0.1) is 11.9 Å². The molecule has 6 nitrogen and oxygen atoms in total. The first-order valence-corrected chi connectivity index (χ1v) is 9.46. The van der Waals surface area contributed by atoms with Crippen LogP contribution in [0.25, 0.3) is 11.8 Å². The van der Waals surface area contributed by atoms with Gasteiger partial charge in [-0.1, -0.05) is 24.3 Å². The van der Waals surface area contributed by atoms with Gasteiger partial charge in [-0.25, -0.2) is 4.68 Å². The van der Waals surface area contributed by atoms with E-state index in [1.54, 1.807) is 23.2 Å². The van der Waals surface area contributed by atoms with Crippen LogP contribution in [0.3, 0.4) is 0 Å². The standard InChI is InChI=1S/C22H23N5O/c28-22(9-8-20-16-24-27(18-20)21-6-2-1-3-7-21)26-13-11-25(12-14-26)17-19-5-4-10-23-15-19/h1-10,15-16,18H,11-14,17H2/b9-8+. The number of hydrogen-bond donors (Lipinski definition) is 0. The predicted octanol–water partition coefficient (Wildman–Crippen LogP) is 2.62. The minimum Gasteiger partial charge on any atom is -0.337 e. The Labute approximate surface area is 164 Å². The van der Waals surface area contributed by atoms with Gasteiger partial charge in [0.25, 0.3) is 0 Å². The summed E-state index contributed by atoms with van der Waals surface area (Å²) >= 11 is 0. The van der Waals surface area contributed by atoms with Crippen LogP contribution in [0.15, 0.2) is 73.3 Å². The van der Waals surface area contributed by atoms with Crippen LogP contribution in [0.5, 0.6) is 0 Å². The summed E-state index contributed by atoms with van der Waals surface area (Å²) in [6, 6.07) is 14.0. The molecule has 4 rings (SSSR count). The van der Waals surface area contributed by atoms with E-state index in [4.69, 9.17) is 0 Å². The molecule has 1 aliphatic heterocycles. The van der Waals surface area contributed by atoms with Crippen LogP contribution in [0.2, 0.25) is 0 Å². The zero-order valence-electron chi connectivity index (χ0n) is 15.7. The summed E-state index contributed by atoms with van der Waals surface area (Å²) in [5.74, 6) is 0.0495. The fourth-order valence-corrected chi connectivity index (χ4v) is 3.29. The number of para-hydroxylation sites is 1. The molecule has 142 valence electrons. The molecule has 3 aromatic rings. The fraction of sp³-hybridized carbons (Fsp3) is 0.227. The lowest BCUT2D eigenvalue weighted by atomic mass is 10.2. The van der Waals surface area contributed by atoms with Crippen molar-refractivity contribution in [3.8, 4) is 5.69 Å². The van der Waals surface area contributed by atoms with Crippen molar-refractivity contribution in [3.63, 3.8) is 0 Å². The highest BCUT2D eigenvalue weighted by atomic mass is 16.2. The predicted molar refractivity (Wildman–Crippen MR) is 109 cm³/mol. The number of benzene rings is 1. The minimum absolute atomic E-state index is 0.0495. The van der Waals surface area contributed by atoms with Gasteiger partial charge in [-0.15, -0.1) is 0 Å². The minimum atomic E-state index is 0.0495. The monoisotopic (exact) mass is 373 g/mol. The molecule has 2 aromatic heterocycles. The molecule has 28 heavy (non-hydrogen) atoms. The number of amides is 1. The molecule has 1 amide bonds. The van der Waals surface area contributed by atoms with Crippen molar-refractivity contribution < 1.29 is 4.79 Å². The van der Waals surface area contributed by atoms with Crippen molar-refractivity contribution in [1.29, 1.82) is 0 Å². The van der Waals surface area contributed by atoms with Gasteiger partial charge in [0.1, 0.15) is 0 Å². The molecule has 0 aliphatic carbocycles. The van der Waals surface area contributed by atoms with Crippen LogP contribution < -0.4 is 0 Å². The summed E-state index contributed by atoms with van der Waals surface area (Å²) in [4.78, 5) is 20.9. The molecule has 0 spiro atoms. The average Bonchev–Trinajstić information content (AvgIpc) is 3.23. The highest BCUT2D eigenvalue weighted by Gasteiger charge is 2.19. The maximum atomic E-state index is 12.5. The van der Waals surface area contributed by atoms with Crippen LogP contribution >= 0.6 is 0 Å². The lowest BCUT2D eigenvalue weighted by Gasteiger charge is -2.34. The van der Waals surface area contributed by atoms with Crippen LogP contribution in [-0.2, 0) is 11.3 Å². The van der Waals surface area contributed by atoms with Gasteiger partial charge in [0.2, 0.25) is 5.91 Å². The van der Waals surface area contributed by atoms with Crippen molar-refractivity contribution in [2.75, 3.05) is 26.2 Å². The van der Waals surface area contributed by atoms with Gasteiger partial charge in [-0.05, 0) is 29.8 Å². The zero-order valence-corrected chi connectivity index (χ0v) is 15.7. The maximum Gasteiger partial charge on any atom is 0.246 e. The SMILES string of the molecule is O=C(/C=C/c1cnn(-c2ccccc2)c1)N1CCN(Cc2cccnc2)CC1. The molecule has 0 unspecified atom stereocenters. The van der Waals surface area contributed by atoms with Crippen LogP contribution in [0, 0.1) is 0 Å². The quantitative estimate of drug-likeness (QED) is 0.645. The molecule has 6 heteroatoms. The first-order valence-electron chi connectivity index (χ1n) is 9.46. The number of pyridine rings is 1. The Morgan fingerprint density at radius 2 is 1.82 bits per heavy atom. The van der Waals surface area contributed by atoms with Gasteiger partial charge in [-0.2, -0.15) is 5.10 Å². The van der Waals surface area contributed by atoms with E-state index in [1.165, 1.54) is 5.56 Å². The van der Waals surface area contributed by atoms with E-state index in [9.17, 15) is 4.79 Å². The number of nitrogens with zero attached hydrogens (tertiary/aromatic N) is 5. The van der Waals surface area contributed by atoms with Gasteiger partial charge in [0.15, 0.2) is 0 Å². The number of carbonyl (C=O) groups excluding carboxylic acids is 1. The number of rotatable bonds is 5. The third-order valence-electron chi connectivity index (χ3n) is 4.85. The molecular weight excluding hydrogens is 350 g/mol. The van der Waals surface area contributed by atoms with Gasteiger partial charge < -0.3 is 4.90 Å². The molecule has 1 fully saturated rings. The molecular formula is C22H23N5O. The Balaban J connectivity index is 1.29. The summed E-state index contributed by atoms with van der Waals surface area (Å²) in [5, 5.41) is 4.36. The first kappa shape index (κ1) is 18.1. The molecule has 0 radical (unpaired) electrons. The number of carbonyl (C=O) groups is 1. The maximum absolute atomic E-state index is 12.5. The normalized spacial score (nSPS) is 15.2. The van der Waals surface area contributed by atoms with Crippen LogP contribution in [0.4, 0.5) is 0 Å². The molecule has 0 saturated carbocycles. The Morgan fingerprint density at radius 1 is 1.00 bits per heavy atom. The zero-order chi connectivity index (χ0) is 19.2.